The molecule has 12 nitrogen and oxygen atoms in total. The van der Waals surface area contributed by atoms with Crippen LogP contribution >= 0.6 is 0 Å². The highest BCUT2D eigenvalue weighted by molar-refractivity contribution is 7.89. The Bertz CT molecular complexity index is 1540. The lowest BCUT2D eigenvalue weighted by Gasteiger charge is -2.27. The van der Waals surface area contributed by atoms with Crippen molar-refractivity contribution < 1.29 is 13.2 Å². The molecule has 2 fully saturated rings. The van der Waals surface area contributed by atoms with Gasteiger partial charge in [0.1, 0.15) is 12.0 Å². The maximum Gasteiger partial charge on any atom is 0.247 e. The van der Waals surface area contributed by atoms with E-state index < -0.39 is 10.0 Å². The lowest BCUT2D eigenvalue weighted by molar-refractivity contribution is 0.121. The molecule has 4 N–H and O–H groups in total. The summed E-state index contributed by atoms with van der Waals surface area (Å²) in [6.07, 6.45) is 11.3. The Balaban J connectivity index is 1.19. The zero-order chi connectivity index (χ0) is 26.8. The van der Waals surface area contributed by atoms with Crippen LogP contribution in [0.25, 0.3) is 16.9 Å². The van der Waals surface area contributed by atoms with E-state index in [-0.39, 0.29) is 11.0 Å². The van der Waals surface area contributed by atoms with Crippen molar-refractivity contribution in [2.45, 2.75) is 56.4 Å². The minimum absolute atomic E-state index is 0.127. The molecule has 1 saturated heterocycles. The van der Waals surface area contributed by atoms with Crippen LogP contribution in [0.4, 0.5) is 11.6 Å². The summed E-state index contributed by atoms with van der Waals surface area (Å²) in [7, 11) is -3.60. The third-order valence-electron chi connectivity index (χ3n) is 7.51. The Morgan fingerprint density at radius 1 is 1.18 bits per heavy atom. The molecule has 206 valence electrons. The molecule has 0 unspecified atom stereocenters. The third-order valence-corrected chi connectivity index (χ3v) is 8.97. The van der Waals surface area contributed by atoms with Gasteiger partial charge in [-0.3, -0.25) is 5.10 Å². The summed E-state index contributed by atoms with van der Waals surface area (Å²) in [6, 6.07) is 5.00. The quantitative estimate of drug-likeness (QED) is 0.233. The second-order valence-corrected chi connectivity index (χ2v) is 12.0. The molecular formula is C26H33N9O3S. The van der Waals surface area contributed by atoms with Gasteiger partial charge in [0, 0.05) is 24.0 Å². The number of aromatic nitrogens is 6. The van der Waals surface area contributed by atoms with Gasteiger partial charge in [-0.2, -0.15) is 14.6 Å². The van der Waals surface area contributed by atoms with E-state index in [2.05, 4.69) is 35.6 Å². The molecule has 0 bridgehead atoms. The molecule has 4 heterocycles. The molecule has 0 amide bonds. The Morgan fingerprint density at radius 3 is 2.74 bits per heavy atom. The minimum atomic E-state index is -3.60. The number of ether oxygens (including phenoxy) is 1. The number of rotatable bonds is 10. The summed E-state index contributed by atoms with van der Waals surface area (Å²) >= 11 is 0. The molecule has 1 aliphatic carbocycles. The van der Waals surface area contributed by atoms with Crippen molar-refractivity contribution in [2.24, 2.45) is 5.92 Å². The molecule has 2 aliphatic rings. The van der Waals surface area contributed by atoms with Crippen LogP contribution < -0.4 is 20.1 Å². The van der Waals surface area contributed by atoms with Crippen LogP contribution in [0.3, 0.4) is 0 Å². The summed E-state index contributed by atoms with van der Waals surface area (Å²) in [5.41, 5.74) is 3.48. The van der Waals surface area contributed by atoms with E-state index in [4.69, 9.17) is 9.72 Å². The fourth-order valence-electron chi connectivity index (χ4n) is 4.95. The third kappa shape index (κ3) is 5.60. The molecule has 1 aliphatic heterocycles. The molecule has 1 aromatic carbocycles. The fourth-order valence-corrected chi connectivity index (χ4v) is 6.09. The summed E-state index contributed by atoms with van der Waals surface area (Å²) < 4.78 is 36.4. The molecule has 6 rings (SSSR count). The maximum atomic E-state index is 12.9. The lowest BCUT2D eigenvalue weighted by atomic mass is 9.95. The zero-order valence-electron chi connectivity index (χ0n) is 21.9. The van der Waals surface area contributed by atoms with Gasteiger partial charge in [0.2, 0.25) is 21.6 Å². The highest BCUT2D eigenvalue weighted by atomic mass is 32.2. The molecule has 0 radical (unpaired) electrons. The smallest absolute Gasteiger partial charge is 0.247 e. The number of aryl methyl sites for hydroxylation is 1. The van der Waals surface area contributed by atoms with Crippen molar-refractivity contribution in [2.75, 3.05) is 25.0 Å². The number of H-pyrrole nitrogens is 1. The summed E-state index contributed by atoms with van der Waals surface area (Å²) in [5, 5.41) is 18.0. The van der Waals surface area contributed by atoms with Crippen molar-refractivity contribution in [3.05, 3.63) is 42.5 Å². The van der Waals surface area contributed by atoms with Crippen molar-refractivity contribution in [3.8, 4) is 17.0 Å². The number of sulfonamides is 1. The van der Waals surface area contributed by atoms with E-state index in [1.54, 1.807) is 41.4 Å². The van der Waals surface area contributed by atoms with Crippen LogP contribution in [0, 0.1) is 12.8 Å². The molecule has 13 heteroatoms. The van der Waals surface area contributed by atoms with Crippen molar-refractivity contribution in [1.82, 2.24) is 39.8 Å². The van der Waals surface area contributed by atoms with Gasteiger partial charge in [-0.15, -0.1) is 5.10 Å². The molecule has 0 spiro atoms. The van der Waals surface area contributed by atoms with Crippen molar-refractivity contribution >= 4 is 27.3 Å². The number of hydrogen-bond donors (Lipinski definition) is 4. The first-order valence-electron chi connectivity index (χ1n) is 13.5. The topological polar surface area (TPSA) is 151 Å². The molecule has 1 saturated carbocycles. The summed E-state index contributed by atoms with van der Waals surface area (Å²) in [4.78, 5) is 9.50. The van der Waals surface area contributed by atoms with Gasteiger partial charge in [0.05, 0.1) is 17.2 Å². The second kappa shape index (κ2) is 10.9. The van der Waals surface area contributed by atoms with E-state index in [0.717, 1.165) is 62.7 Å². The van der Waals surface area contributed by atoms with Gasteiger partial charge in [-0.25, -0.2) is 18.1 Å². The van der Waals surface area contributed by atoms with Crippen molar-refractivity contribution in [1.29, 1.82) is 0 Å². The van der Waals surface area contributed by atoms with Gasteiger partial charge < -0.3 is 15.4 Å². The molecule has 39 heavy (non-hydrogen) atoms. The van der Waals surface area contributed by atoms with Crippen LogP contribution in [0.5, 0.6) is 5.75 Å². The first kappa shape index (κ1) is 25.7. The van der Waals surface area contributed by atoms with E-state index >= 15 is 0 Å². The lowest BCUT2D eigenvalue weighted by Crippen LogP contribution is -2.31. The SMILES string of the molecule is Cc1cc(S(=O)(=O)NCCC2CCNCC2)ccc1Nc1nc2c(OC3CCC3)c(-c3cn[nH]c3)ncn2n1. The van der Waals surface area contributed by atoms with Crippen LogP contribution in [0.15, 0.2) is 41.8 Å². The number of fused-ring (bicyclic) bond motifs is 1. The average molecular weight is 552 g/mol. The number of piperidine rings is 1. The van der Waals surface area contributed by atoms with Crippen molar-refractivity contribution in [3.63, 3.8) is 0 Å². The standard InChI is InChI=1S/C26H33N9O3S/c1-17-13-21(39(36,37)31-12-9-18-7-10-27-11-8-18)5-6-22(17)32-26-33-25-24(38-20-3-2-4-20)23(19-14-29-30-15-19)28-16-35(25)34-26/h5-6,13-16,18,20,27,31H,2-4,7-12H2,1H3,(H,29,30)(H,32,34). The van der Waals surface area contributed by atoms with Crippen LogP contribution in [-0.4, -0.2) is 63.9 Å². The first-order chi connectivity index (χ1) is 19.0. The van der Waals surface area contributed by atoms with Gasteiger partial charge in [-0.05, 0) is 88.2 Å². The van der Waals surface area contributed by atoms with Gasteiger partial charge in [-0.1, -0.05) is 0 Å². The van der Waals surface area contributed by atoms with E-state index in [1.807, 2.05) is 6.92 Å². The zero-order valence-corrected chi connectivity index (χ0v) is 22.7. The number of benzene rings is 1. The number of aromatic amines is 1. The Labute approximate surface area is 227 Å². The Kier molecular flexibility index (Phi) is 7.19. The maximum absolute atomic E-state index is 12.9. The Hall–Kier alpha value is -3.55. The monoisotopic (exact) mass is 551 g/mol. The highest BCUT2D eigenvalue weighted by Crippen LogP contribution is 2.35. The highest BCUT2D eigenvalue weighted by Gasteiger charge is 2.25. The minimum Gasteiger partial charge on any atom is -0.484 e. The summed E-state index contributed by atoms with van der Waals surface area (Å²) in [5.74, 6) is 1.49. The van der Waals surface area contributed by atoms with E-state index in [1.165, 1.54) is 0 Å². The number of nitrogens with one attached hydrogen (secondary N) is 4. The van der Waals surface area contributed by atoms with Gasteiger partial charge in [0.15, 0.2) is 5.75 Å². The number of anilines is 2. The van der Waals surface area contributed by atoms with E-state index in [9.17, 15) is 8.42 Å². The van der Waals surface area contributed by atoms with Crippen LogP contribution in [0.2, 0.25) is 0 Å². The second-order valence-electron chi connectivity index (χ2n) is 10.3. The predicted octanol–water partition coefficient (Wildman–Crippen LogP) is 3.17. The largest absolute Gasteiger partial charge is 0.484 e. The molecule has 4 aromatic rings. The summed E-state index contributed by atoms with van der Waals surface area (Å²) in [6.45, 7) is 4.31. The van der Waals surface area contributed by atoms with Gasteiger partial charge >= 0.3 is 0 Å². The normalized spacial score (nSPS) is 16.8. The molecule has 3 aromatic heterocycles. The van der Waals surface area contributed by atoms with Gasteiger partial charge in [0.25, 0.3) is 0 Å². The van der Waals surface area contributed by atoms with Crippen LogP contribution in [-0.2, 0) is 10.0 Å². The molecule has 0 atom stereocenters. The first-order valence-corrected chi connectivity index (χ1v) is 14.9. The van der Waals surface area contributed by atoms with Crippen LogP contribution in [0.1, 0.15) is 44.1 Å². The average Bonchev–Trinajstić information content (AvgIpc) is 3.58. The fraction of sp³-hybridized carbons (Fsp3) is 0.462. The van der Waals surface area contributed by atoms with E-state index in [0.29, 0.717) is 41.2 Å². The molecular weight excluding hydrogens is 518 g/mol. The Morgan fingerprint density at radius 2 is 2.03 bits per heavy atom. The predicted molar refractivity (Wildman–Crippen MR) is 146 cm³/mol. The number of hydrogen-bond acceptors (Lipinski definition) is 9. The number of nitrogens with zero attached hydrogens (tertiary/aromatic N) is 5.